The smallest absolute Gasteiger partial charge is 0.423 e. The van der Waals surface area contributed by atoms with Crippen molar-refractivity contribution in [3.8, 4) is 33.4 Å². The van der Waals surface area contributed by atoms with E-state index in [0.717, 1.165) is 40.3 Å². The van der Waals surface area contributed by atoms with E-state index in [2.05, 4.69) is 345 Å². The molecule has 22 rings (SSSR count). The standard InChI is InChI=1S/C72H42.C22H15BO2.C6H3Br3/c1-4-25-52-46(19-1)49-22-7-13-31-58(49)70-61-34-16-10-28-55(61)64(40-67(52)70)43-37-44(65-41-68-53-26-5-2-20-47(53)50-23-8-14-32-59(50)71(68)62-35-17-11-29-56(62)65)39-45(38-43)66-42-69-54-27-6-3-21-48(54)51-24-9-15-33-60(51)72(69)63-36-18-12-30-57(63)66;24-23(25)21-13-20-16-9-2-1-7-14(16)15-8-3-5-11-18(15)22(20)19-12-6-4-10-17(19)21;7-4-1-5(8)3-6(9)2-4/h1-42H;1-13,24-25H;1-3H. The van der Waals surface area contributed by atoms with E-state index in [1.807, 2.05) is 54.6 Å². The number of halogens is 3. The summed E-state index contributed by atoms with van der Waals surface area (Å²) in [6.45, 7) is 0. The van der Waals surface area contributed by atoms with Crippen molar-refractivity contribution in [3.63, 3.8) is 0 Å². The van der Waals surface area contributed by atoms with Crippen LogP contribution in [0.4, 0.5) is 0 Å². The minimum atomic E-state index is -1.50. The van der Waals surface area contributed by atoms with Crippen LogP contribution in [0.1, 0.15) is 0 Å². The molecule has 0 aliphatic heterocycles. The number of hydrogen-bond donors (Lipinski definition) is 2. The first kappa shape index (κ1) is 64.1. The Bertz CT molecular complexity index is 6920. The maximum atomic E-state index is 9.92. The number of rotatable bonds is 4. The number of hydrogen-bond acceptors (Lipinski definition) is 2. The summed E-state index contributed by atoms with van der Waals surface area (Å²) in [5.74, 6) is 0. The molecule has 0 saturated heterocycles. The summed E-state index contributed by atoms with van der Waals surface area (Å²) in [6, 6.07) is 129. The van der Waals surface area contributed by atoms with Crippen molar-refractivity contribution in [1.82, 2.24) is 0 Å². The van der Waals surface area contributed by atoms with Gasteiger partial charge in [0.25, 0.3) is 0 Å². The van der Waals surface area contributed by atoms with Gasteiger partial charge in [-0.15, -0.1) is 0 Å². The summed E-state index contributed by atoms with van der Waals surface area (Å²) in [4.78, 5) is 0. The van der Waals surface area contributed by atoms with Gasteiger partial charge in [0.1, 0.15) is 0 Å². The first-order valence-corrected chi connectivity index (χ1v) is 38.2. The zero-order valence-electron chi connectivity index (χ0n) is 57.1. The van der Waals surface area contributed by atoms with E-state index in [1.165, 1.54) is 179 Å². The first-order chi connectivity index (χ1) is 52.2. The minimum absolute atomic E-state index is 0.545. The lowest BCUT2D eigenvalue weighted by atomic mass is 9.75. The predicted molar refractivity (Wildman–Crippen MR) is 469 cm³/mol. The molecule has 0 aliphatic carbocycles. The Hall–Kier alpha value is -11.6. The number of benzene rings is 22. The molecule has 0 aliphatic rings. The summed E-state index contributed by atoms with van der Waals surface area (Å²) in [5.41, 5.74) is 7.80. The maximum Gasteiger partial charge on any atom is 0.489 e. The van der Waals surface area contributed by atoms with E-state index in [9.17, 15) is 10.0 Å². The van der Waals surface area contributed by atoms with Crippen LogP contribution in [0, 0.1) is 0 Å². The molecule has 0 radical (unpaired) electrons. The summed E-state index contributed by atoms with van der Waals surface area (Å²) < 4.78 is 3.22. The normalized spacial score (nSPS) is 11.8. The molecule has 0 aromatic heterocycles. The van der Waals surface area contributed by atoms with Crippen molar-refractivity contribution in [1.29, 1.82) is 0 Å². The van der Waals surface area contributed by atoms with E-state index in [-0.39, 0.29) is 0 Å². The van der Waals surface area contributed by atoms with Crippen molar-refractivity contribution >= 4 is 233 Å². The summed E-state index contributed by atoms with van der Waals surface area (Å²) in [6.07, 6.45) is 0. The molecule has 0 spiro atoms. The van der Waals surface area contributed by atoms with Gasteiger partial charge in [0, 0.05) is 13.4 Å². The molecule has 496 valence electrons. The second kappa shape index (κ2) is 25.9. The molecule has 2 nitrogen and oxygen atoms in total. The second-order valence-corrected chi connectivity index (χ2v) is 30.5. The Kier molecular flexibility index (Phi) is 15.7. The van der Waals surface area contributed by atoms with Gasteiger partial charge in [0.15, 0.2) is 0 Å². The van der Waals surface area contributed by atoms with Crippen LogP contribution in [0.15, 0.2) is 365 Å². The third-order valence-electron chi connectivity index (χ3n) is 22.0. The summed E-state index contributed by atoms with van der Waals surface area (Å²) in [5, 5.41) is 59.3. The topological polar surface area (TPSA) is 40.5 Å². The molecule has 0 fully saturated rings. The van der Waals surface area contributed by atoms with Gasteiger partial charge in [0.05, 0.1) is 0 Å². The Morgan fingerprint density at radius 3 is 0.547 bits per heavy atom. The molecule has 6 heteroatoms. The summed E-state index contributed by atoms with van der Waals surface area (Å²) in [7, 11) is -1.50. The van der Waals surface area contributed by atoms with Crippen LogP contribution >= 0.6 is 47.8 Å². The average Bonchev–Trinajstić information content (AvgIpc) is 0.727. The van der Waals surface area contributed by atoms with Crippen LogP contribution in [0.5, 0.6) is 0 Å². The van der Waals surface area contributed by atoms with Crippen molar-refractivity contribution in [2.24, 2.45) is 0 Å². The molecule has 0 heterocycles. The van der Waals surface area contributed by atoms with Crippen LogP contribution in [0.3, 0.4) is 0 Å². The van der Waals surface area contributed by atoms with Crippen molar-refractivity contribution < 1.29 is 10.0 Å². The highest BCUT2D eigenvalue weighted by molar-refractivity contribution is 9.11. The van der Waals surface area contributed by atoms with Crippen LogP contribution in [-0.2, 0) is 0 Å². The van der Waals surface area contributed by atoms with Gasteiger partial charge in [-0.25, -0.2) is 0 Å². The molecule has 22 aromatic carbocycles. The lowest BCUT2D eigenvalue weighted by Gasteiger charge is -2.20. The van der Waals surface area contributed by atoms with Crippen molar-refractivity contribution in [2.45, 2.75) is 0 Å². The minimum Gasteiger partial charge on any atom is -0.423 e. The van der Waals surface area contributed by atoms with Gasteiger partial charge in [-0.2, -0.15) is 0 Å². The molecular weight excluding hydrogens is 1480 g/mol. The Balaban J connectivity index is 0.000000179. The van der Waals surface area contributed by atoms with Crippen molar-refractivity contribution in [2.75, 3.05) is 0 Å². The fraction of sp³-hybridized carbons (Fsp3) is 0. The highest BCUT2D eigenvalue weighted by Crippen LogP contribution is 2.50. The second-order valence-electron chi connectivity index (χ2n) is 27.7. The van der Waals surface area contributed by atoms with E-state index in [1.54, 1.807) is 0 Å². The van der Waals surface area contributed by atoms with E-state index < -0.39 is 7.12 Å². The quantitative estimate of drug-likeness (QED) is 0.136. The molecule has 106 heavy (non-hydrogen) atoms. The number of fused-ring (bicyclic) bond motifs is 32. The Morgan fingerprint density at radius 1 is 0.160 bits per heavy atom. The molecule has 0 atom stereocenters. The lowest BCUT2D eigenvalue weighted by Crippen LogP contribution is -2.30. The van der Waals surface area contributed by atoms with Gasteiger partial charge in [-0.3, -0.25) is 0 Å². The van der Waals surface area contributed by atoms with Gasteiger partial charge >= 0.3 is 7.12 Å². The van der Waals surface area contributed by atoms with Crippen LogP contribution in [0.2, 0.25) is 0 Å². The summed E-state index contributed by atoms with van der Waals surface area (Å²) >= 11 is 10.1. The maximum absolute atomic E-state index is 9.92. The van der Waals surface area contributed by atoms with Gasteiger partial charge in [-0.1, -0.05) is 345 Å². The average molecular weight is 1540 g/mol. The molecule has 0 saturated carbocycles. The molecule has 0 unspecified atom stereocenters. The first-order valence-electron chi connectivity index (χ1n) is 35.8. The van der Waals surface area contributed by atoms with Crippen molar-refractivity contribution in [3.05, 3.63) is 365 Å². The molecule has 0 bridgehead atoms. The largest absolute Gasteiger partial charge is 0.489 e. The van der Waals surface area contributed by atoms with Crippen LogP contribution in [-0.4, -0.2) is 17.2 Å². The fourth-order valence-electron chi connectivity index (χ4n) is 17.6. The zero-order valence-corrected chi connectivity index (χ0v) is 61.8. The molecule has 0 amide bonds. The highest BCUT2D eigenvalue weighted by Gasteiger charge is 2.24. The fourth-order valence-corrected chi connectivity index (χ4v) is 20.0. The predicted octanol–water partition coefficient (Wildman–Crippen LogP) is 28.5. The Morgan fingerprint density at radius 2 is 0.321 bits per heavy atom. The van der Waals surface area contributed by atoms with Crippen LogP contribution in [0.25, 0.3) is 206 Å². The SMILES string of the molecule is Brc1cc(Br)cc(Br)c1.OB(O)c1cc2c3ccccc3c3ccccc3c2c2ccccc12.c1ccc2c(c1)c(-c1cc(-c3cc4c5ccccc5c5ccccc5c4c4ccccc34)cc(-c3cc4c5ccccc5c5ccccc5c4c4ccccc34)c1)cc1c3ccccc3c3ccccc3c21. The van der Waals surface area contributed by atoms with Gasteiger partial charge < -0.3 is 10.0 Å². The lowest BCUT2D eigenvalue weighted by molar-refractivity contribution is 0.426. The highest BCUT2D eigenvalue weighted by atomic mass is 79.9. The monoisotopic (exact) mass is 1540 g/mol. The molecule has 22 aromatic rings. The van der Waals surface area contributed by atoms with Crippen LogP contribution < -0.4 is 5.46 Å². The molecular formula is C100H60BBr3O2. The van der Waals surface area contributed by atoms with Gasteiger partial charge in [-0.05, 0) is 266 Å². The Labute approximate surface area is 636 Å². The third kappa shape index (κ3) is 10.4. The third-order valence-corrected chi connectivity index (χ3v) is 23.4. The van der Waals surface area contributed by atoms with E-state index >= 15 is 0 Å². The van der Waals surface area contributed by atoms with Gasteiger partial charge in [0.2, 0.25) is 0 Å². The zero-order chi connectivity index (χ0) is 70.8. The molecule has 2 N–H and O–H groups in total. The van der Waals surface area contributed by atoms with E-state index in [4.69, 9.17) is 0 Å². The van der Waals surface area contributed by atoms with E-state index in [0.29, 0.717) is 5.46 Å².